The van der Waals surface area contributed by atoms with Crippen molar-refractivity contribution < 1.29 is 4.79 Å². The maximum Gasteiger partial charge on any atom is 0.204 e. The van der Waals surface area contributed by atoms with E-state index in [4.69, 9.17) is 0 Å². The molecule has 3 aromatic rings. The van der Waals surface area contributed by atoms with Gasteiger partial charge in [-0.3, -0.25) is 4.79 Å². The van der Waals surface area contributed by atoms with Crippen molar-refractivity contribution in [2.75, 3.05) is 0 Å². The predicted molar refractivity (Wildman–Crippen MR) is 86.4 cm³/mol. The lowest BCUT2D eigenvalue weighted by Gasteiger charge is -2.08. The van der Waals surface area contributed by atoms with Gasteiger partial charge < -0.3 is 0 Å². The molecule has 0 spiro atoms. The number of hydrogen-bond donors (Lipinski definition) is 0. The zero-order valence-corrected chi connectivity index (χ0v) is 13.4. The molecule has 0 aliphatic heterocycles. The first kappa shape index (κ1) is 14.6. The lowest BCUT2D eigenvalue weighted by Crippen LogP contribution is -2.19. The van der Waals surface area contributed by atoms with Crippen LogP contribution in [0, 0.1) is 0 Å². The lowest BCUT2D eigenvalue weighted by atomic mass is 10.1. The van der Waals surface area contributed by atoms with Crippen LogP contribution in [0.5, 0.6) is 0 Å². The molecule has 1 unspecified atom stereocenters. The summed E-state index contributed by atoms with van der Waals surface area (Å²) < 4.78 is 0.983. The van der Waals surface area contributed by atoms with E-state index < -0.39 is 6.04 Å². The number of carbonyl (C=O) groups excluding carboxylic acids is 1. The molecule has 22 heavy (non-hydrogen) atoms. The third-order valence-corrected chi connectivity index (χ3v) is 3.84. The Balaban J connectivity index is 1.84. The normalized spacial score (nSPS) is 12.1. The van der Waals surface area contributed by atoms with Crippen molar-refractivity contribution in [1.82, 2.24) is 20.2 Å². The van der Waals surface area contributed by atoms with Crippen molar-refractivity contribution in [3.63, 3.8) is 0 Å². The van der Waals surface area contributed by atoms with Crippen LogP contribution in [0.4, 0.5) is 0 Å². The molecular formula is C16H13BrN4O. The lowest BCUT2D eigenvalue weighted by molar-refractivity contribution is 0.0918. The van der Waals surface area contributed by atoms with E-state index in [1.54, 1.807) is 19.1 Å². The average molecular weight is 357 g/mol. The molecule has 110 valence electrons. The highest BCUT2D eigenvalue weighted by atomic mass is 79.9. The zero-order chi connectivity index (χ0) is 15.5. The first-order valence-electron chi connectivity index (χ1n) is 6.80. The molecule has 0 saturated carbocycles. The van der Waals surface area contributed by atoms with E-state index in [1.165, 1.54) is 4.80 Å². The molecule has 5 nitrogen and oxygen atoms in total. The van der Waals surface area contributed by atoms with Crippen molar-refractivity contribution in [3.05, 3.63) is 64.6 Å². The number of carbonyl (C=O) groups is 1. The van der Waals surface area contributed by atoms with Gasteiger partial charge in [-0.25, -0.2) is 0 Å². The summed E-state index contributed by atoms with van der Waals surface area (Å²) in [6.07, 6.45) is 0. The molecule has 2 aromatic carbocycles. The Labute approximate surface area is 136 Å². The highest BCUT2D eigenvalue weighted by molar-refractivity contribution is 9.10. The van der Waals surface area contributed by atoms with Crippen LogP contribution in [0.3, 0.4) is 0 Å². The van der Waals surface area contributed by atoms with Crippen LogP contribution < -0.4 is 0 Å². The number of hydrogen-bond acceptors (Lipinski definition) is 4. The van der Waals surface area contributed by atoms with Gasteiger partial charge in [-0.1, -0.05) is 46.3 Å². The fourth-order valence-corrected chi connectivity index (χ4v) is 2.32. The number of rotatable bonds is 4. The van der Waals surface area contributed by atoms with Gasteiger partial charge >= 0.3 is 0 Å². The summed E-state index contributed by atoms with van der Waals surface area (Å²) in [5, 5.41) is 12.3. The van der Waals surface area contributed by atoms with Crippen LogP contribution >= 0.6 is 15.9 Å². The number of nitrogens with zero attached hydrogens (tertiary/aromatic N) is 4. The summed E-state index contributed by atoms with van der Waals surface area (Å²) in [6.45, 7) is 1.77. The third-order valence-electron chi connectivity index (χ3n) is 3.31. The fraction of sp³-hybridized carbons (Fsp3) is 0.125. The minimum absolute atomic E-state index is 0.0413. The van der Waals surface area contributed by atoms with Crippen LogP contribution in [0.15, 0.2) is 59.1 Å². The molecule has 0 N–H and O–H groups in total. The van der Waals surface area contributed by atoms with Crippen LogP contribution in [-0.4, -0.2) is 26.0 Å². The topological polar surface area (TPSA) is 60.7 Å². The molecule has 0 fully saturated rings. The molecule has 0 aliphatic carbocycles. The summed E-state index contributed by atoms with van der Waals surface area (Å²) in [4.78, 5) is 13.8. The second-order valence-corrected chi connectivity index (χ2v) is 5.76. The number of benzene rings is 2. The van der Waals surface area contributed by atoms with Gasteiger partial charge in [-0.05, 0) is 36.4 Å². The largest absolute Gasteiger partial charge is 0.292 e. The predicted octanol–water partition coefficient (Wildman–Crippen LogP) is 3.55. The number of Topliss-reactive ketones (excluding diaryl/α,β-unsaturated/α-hetero) is 1. The van der Waals surface area contributed by atoms with E-state index in [9.17, 15) is 4.79 Å². The molecule has 3 rings (SSSR count). The van der Waals surface area contributed by atoms with Crippen LogP contribution in [0.25, 0.3) is 11.4 Å². The minimum atomic E-state index is -0.501. The smallest absolute Gasteiger partial charge is 0.204 e. The molecule has 0 saturated heterocycles. The van der Waals surface area contributed by atoms with Crippen molar-refractivity contribution >= 4 is 21.7 Å². The maximum atomic E-state index is 12.4. The van der Waals surface area contributed by atoms with Gasteiger partial charge in [-0.15, -0.1) is 10.2 Å². The van der Waals surface area contributed by atoms with Crippen LogP contribution in [0.2, 0.25) is 0 Å². The Morgan fingerprint density at radius 1 is 1.09 bits per heavy atom. The molecule has 0 bridgehead atoms. The Morgan fingerprint density at radius 3 is 2.45 bits per heavy atom. The molecule has 6 heteroatoms. The fourth-order valence-electron chi connectivity index (χ4n) is 2.05. The van der Waals surface area contributed by atoms with Crippen molar-refractivity contribution in [3.8, 4) is 11.4 Å². The molecule has 0 radical (unpaired) electrons. The number of halogens is 1. The van der Waals surface area contributed by atoms with Crippen LogP contribution in [-0.2, 0) is 0 Å². The Hall–Kier alpha value is -2.34. The van der Waals surface area contributed by atoms with E-state index in [0.717, 1.165) is 10.0 Å². The maximum absolute atomic E-state index is 12.4. The second-order valence-electron chi connectivity index (χ2n) is 4.85. The number of tetrazole rings is 1. The van der Waals surface area contributed by atoms with Gasteiger partial charge in [0.25, 0.3) is 0 Å². The van der Waals surface area contributed by atoms with E-state index in [-0.39, 0.29) is 5.78 Å². The molecule has 0 amide bonds. The van der Waals surface area contributed by atoms with Crippen LogP contribution in [0.1, 0.15) is 23.3 Å². The second kappa shape index (κ2) is 6.19. The first-order chi connectivity index (χ1) is 10.6. The van der Waals surface area contributed by atoms with Crippen molar-refractivity contribution in [1.29, 1.82) is 0 Å². The highest BCUT2D eigenvalue weighted by Gasteiger charge is 2.20. The third kappa shape index (κ3) is 2.96. The Kier molecular flexibility index (Phi) is 4.11. The summed E-state index contributed by atoms with van der Waals surface area (Å²) in [7, 11) is 0. The van der Waals surface area contributed by atoms with Crippen molar-refractivity contribution in [2.45, 2.75) is 13.0 Å². The Bertz CT molecular complexity index is 783. The highest BCUT2D eigenvalue weighted by Crippen LogP contribution is 2.19. The van der Waals surface area contributed by atoms with Gasteiger partial charge in [0, 0.05) is 15.6 Å². The van der Waals surface area contributed by atoms with Gasteiger partial charge in [0.05, 0.1) is 0 Å². The monoisotopic (exact) mass is 356 g/mol. The average Bonchev–Trinajstić information content (AvgIpc) is 3.05. The zero-order valence-electron chi connectivity index (χ0n) is 11.8. The molecule has 1 heterocycles. The van der Waals surface area contributed by atoms with Gasteiger partial charge in [0.15, 0.2) is 5.78 Å². The summed E-state index contributed by atoms with van der Waals surface area (Å²) in [5.74, 6) is 0.459. The van der Waals surface area contributed by atoms with Gasteiger partial charge in [0.1, 0.15) is 6.04 Å². The molecule has 1 atom stereocenters. The van der Waals surface area contributed by atoms with Crippen molar-refractivity contribution in [2.24, 2.45) is 0 Å². The standard InChI is InChI=1S/C16H13BrN4O/c1-11(15(22)12-5-3-2-4-6-12)21-19-16(18-20-21)13-7-9-14(17)10-8-13/h2-11H,1H3. The molecule has 0 aliphatic rings. The number of aromatic nitrogens is 4. The first-order valence-corrected chi connectivity index (χ1v) is 7.59. The minimum Gasteiger partial charge on any atom is -0.292 e. The summed E-state index contributed by atoms with van der Waals surface area (Å²) in [5.41, 5.74) is 1.49. The quantitative estimate of drug-likeness (QED) is 0.670. The molecular weight excluding hydrogens is 344 g/mol. The van der Waals surface area contributed by atoms with E-state index >= 15 is 0 Å². The molecule has 1 aromatic heterocycles. The Morgan fingerprint density at radius 2 is 1.77 bits per heavy atom. The van der Waals surface area contributed by atoms with E-state index in [1.807, 2.05) is 42.5 Å². The van der Waals surface area contributed by atoms with E-state index in [2.05, 4.69) is 31.3 Å². The SMILES string of the molecule is CC(C(=O)c1ccccc1)n1nnc(-c2ccc(Br)cc2)n1. The summed E-state index contributed by atoms with van der Waals surface area (Å²) in [6, 6.07) is 16.2. The van der Waals surface area contributed by atoms with Gasteiger partial charge in [-0.2, -0.15) is 4.80 Å². The summed E-state index contributed by atoms with van der Waals surface area (Å²) >= 11 is 3.39. The van der Waals surface area contributed by atoms with Gasteiger partial charge in [0.2, 0.25) is 5.82 Å². The van der Waals surface area contributed by atoms with E-state index in [0.29, 0.717) is 11.4 Å². The number of ketones is 1.